The summed E-state index contributed by atoms with van der Waals surface area (Å²) in [4.78, 5) is 41.6. The van der Waals surface area contributed by atoms with Gasteiger partial charge < -0.3 is 15.1 Å². The van der Waals surface area contributed by atoms with Gasteiger partial charge in [0.2, 0.25) is 0 Å². The smallest absolute Gasteiger partial charge is 0.408 e. The van der Waals surface area contributed by atoms with Crippen LogP contribution in [0, 0.1) is 11.6 Å². The molecule has 0 atom stereocenters. The Balaban J connectivity index is 0.00000164. The van der Waals surface area contributed by atoms with E-state index in [2.05, 4.69) is 20.7 Å². The van der Waals surface area contributed by atoms with E-state index in [1.54, 1.807) is 25.2 Å². The number of rotatable bonds is 6. The van der Waals surface area contributed by atoms with Crippen LogP contribution in [0.1, 0.15) is 46.0 Å². The molecule has 3 aromatic heterocycles. The van der Waals surface area contributed by atoms with Gasteiger partial charge in [0.25, 0.3) is 11.8 Å². The maximum absolute atomic E-state index is 13.5. The van der Waals surface area contributed by atoms with Gasteiger partial charge in [-0.15, -0.1) is 0 Å². The molecular weight excluding hydrogens is 498 g/mol. The SMILES string of the molecule is CC.Cn1c(=O)oc2ccc(CNC(=O)c3cc(C(=O)NCc4ccc(F)c(F)c4)n4nccc4n3)cc21. The molecule has 0 saturated carbocycles. The maximum Gasteiger partial charge on any atom is 0.419 e. The number of halogens is 2. The van der Waals surface area contributed by atoms with Crippen molar-refractivity contribution in [2.75, 3.05) is 0 Å². The number of hydrogen-bond acceptors (Lipinski definition) is 6. The number of amides is 2. The number of fused-ring (bicyclic) bond motifs is 2. The first kappa shape index (κ1) is 26.2. The van der Waals surface area contributed by atoms with Gasteiger partial charge in [-0.1, -0.05) is 26.0 Å². The summed E-state index contributed by atoms with van der Waals surface area (Å²) in [7, 11) is 1.58. The molecule has 0 aliphatic heterocycles. The van der Waals surface area contributed by atoms with E-state index in [4.69, 9.17) is 4.42 Å². The van der Waals surface area contributed by atoms with Gasteiger partial charge in [0, 0.05) is 32.3 Å². The fourth-order valence-corrected chi connectivity index (χ4v) is 3.67. The van der Waals surface area contributed by atoms with E-state index in [1.165, 1.54) is 33.5 Å². The van der Waals surface area contributed by atoms with Crippen LogP contribution in [0.25, 0.3) is 16.7 Å². The topological polar surface area (TPSA) is 124 Å². The Morgan fingerprint density at radius 3 is 2.34 bits per heavy atom. The molecule has 5 aromatic rings. The van der Waals surface area contributed by atoms with Gasteiger partial charge in [-0.05, 0) is 35.4 Å². The first-order chi connectivity index (χ1) is 18.3. The second-order valence-corrected chi connectivity index (χ2v) is 7.97. The van der Waals surface area contributed by atoms with Crippen molar-refractivity contribution in [2.45, 2.75) is 26.9 Å². The Hall–Kier alpha value is -4.87. The standard InChI is InChI=1S/C24H18F2N6O4.C2H6/c1-31-18-9-14(3-5-20(18)36-24(31)35)12-27-22(33)17-10-19(32-21(30-17)6-7-29-32)23(34)28-11-13-2-4-15(25)16(26)8-13;1-2/h2-10H,11-12H2,1H3,(H,27,33)(H,28,34);1-2H3. The van der Waals surface area contributed by atoms with Crippen LogP contribution in [-0.4, -0.2) is 31.0 Å². The Morgan fingerprint density at radius 2 is 1.61 bits per heavy atom. The Bertz CT molecular complexity index is 1710. The maximum atomic E-state index is 13.5. The van der Waals surface area contributed by atoms with E-state index < -0.39 is 29.2 Å². The van der Waals surface area contributed by atoms with Crippen LogP contribution >= 0.6 is 0 Å². The zero-order chi connectivity index (χ0) is 27.4. The number of nitrogens with zero attached hydrogens (tertiary/aromatic N) is 4. The third-order valence-corrected chi connectivity index (χ3v) is 5.57. The van der Waals surface area contributed by atoms with Crippen LogP contribution in [0.15, 0.2) is 63.9 Å². The summed E-state index contributed by atoms with van der Waals surface area (Å²) < 4.78 is 34.3. The number of aryl methyl sites for hydroxylation is 1. The van der Waals surface area contributed by atoms with Crippen LogP contribution < -0.4 is 16.4 Å². The van der Waals surface area contributed by atoms with Gasteiger partial charge in [0.1, 0.15) is 11.4 Å². The summed E-state index contributed by atoms with van der Waals surface area (Å²) in [5.41, 5.74) is 2.40. The number of hydrogen-bond donors (Lipinski definition) is 2. The molecule has 2 aromatic carbocycles. The lowest BCUT2D eigenvalue weighted by Gasteiger charge is -2.10. The summed E-state index contributed by atoms with van der Waals surface area (Å²) in [6, 6.07) is 11.2. The van der Waals surface area contributed by atoms with Crippen LogP contribution in [-0.2, 0) is 20.1 Å². The van der Waals surface area contributed by atoms with Crippen molar-refractivity contribution < 1.29 is 22.8 Å². The van der Waals surface area contributed by atoms with Gasteiger partial charge >= 0.3 is 5.76 Å². The highest BCUT2D eigenvalue weighted by Gasteiger charge is 2.18. The first-order valence-corrected chi connectivity index (χ1v) is 11.7. The summed E-state index contributed by atoms with van der Waals surface area (Å²) in [5, 5.41) is 9.42. The molecule has 0 aliphatic carbocycles. The first-order valence-electron chi connectivity index (χ1n) is 11.7. The summed E-state index contributed by atoms with van der Waals surface area (Å²) in [5.74, 6) is -3.61. The zero-order valence-corrected chi connectivity index (χ0v) is 20.8. The second-order valence-electron chi connectivity index (χ2n) is 7.97. The van der Waals surface area contributed by atoms with Crippen LogP contribution in [0.3, 0.4) is 0 Å². The van der Waals surface area contributed by atoms with Gasteiger partial charge in [-0.2, -0.15) is 5.10 Å². The number of aromatic nitrogens is 4. The molecule has 5 rings (SSSR count). The molecule has 0 fully saturated rings. The van der Waals surface area contributed by atoms with Crippen molar-refractivity contribution in [3.05, 3.63) is 99.4 Å². The molecule has 12 heteroatoms. The van der Waals surface area contributed by atoms with E-state index in [1.807, 2.05) is 13.8 Å². The van der Waals surface area contributed by atoms with Crippen LogP contribution in [0.2, 0.25) is 0 Å². The van der Waals surface area contributed by atoms with Crippen LogP contribution in [0.5, 0.6) is 0 Å². The Kier molecular flexibility index (Phi) is 7.61. The van der Waals surface area contributed by atoms with E-state index in [9.17, 15) is 23.2 Å². The molecule has 0 aliphatic rings. The fraction of sp³-hybridized carbons (Fsp3) is 0.192. The molecule has 38 heavy (non-hydrogen) atoms. The van der Waals surface area contributed by atoms with Gasteiger partial charge in [0.05, 0.1) is 11.7 Å². The van der Waals surface area contributed by atoms with Gasteiger partial charge in [-0.25, -0.2) is 23.1 Å². The molecule has 0 bridgehead atoms. The van der Waals surface area contributed by atoms with Crippen molar-refractivity contribution in [1.82, 2.24) is 29.8 Å². The third kappa shape index (κ3) is 5.28. The molecule has 10 nitrogen and oxygen atoms in total. The van der Waals surface area contributed by atoms with Crippen molar-refractivity contribution in [2.24, 2.45) is 7.05 Å². The van der Waals surface area contributed by atoms with Gasteiger partial charge in [-0.3, -0.25) is 14.2 Å². The number of oxazole rings is 1. The molecule has 0 saturated heterocycles. The largest absolute Gasteiger partial charge is 0.419 e. The molecule has 0 radical (unpaired) electrons. The normalized spacial score (nSPS) is 10.8. The third-order valence-electron chi connectivity index (χ3n) is 5.57. The van der Waals surface area contributed by atoms with Gasteiger partial charge in [0.15, 0.2) is 22.9 Å². The van der Waals surface area contributed by atoms with E-state index in [-0.39, 0.29) is 30.1 Å². The average Bonchev–Trinajstić information content (AvgIpc) is 3.52. The quantitative estimate of drug-likeness (QED) is 0.353. The zero-order valence-electron chi connectivity index (χ0n) is 20.8. The predicted octanol–water partition coefficient (Wildman–Crippen LogP) is 3.34. The predicted molar refractivity (Wildman–Crippen MR) is 134 cm³/mol. The number of carbonyl (C=O) groups is 2. The highest BCUT2D eigenvalue weighted by atomic mass is 19.2. The molecule has 0 spiro atoms. The minimum absolute atomic E-state index is 0.0160. The van der Waals surface area contributed by atoms with E-state index in [0.29, 0.717) is 16.7 Å². The minimum atomic E-state index is -1.02. The molecule has 196 valence electrons. The van der Waals surface area contributed by atoms with E-state index >= 15 is 0 Å². The van der Waals surface area contributed by atoms with Crippen LogP contribution in [0.4, 0.5) is 8.78 Å². The van der Waals surface area contributed by atoms with Crippen molar-refractivity contribution >= 4 is 28.6 Å². The molecular formula is C26H24F2N6O4. The summed E-state index contributed by atoms with van der Waals surface area (Å²) >= 11 is 0. The second kappa shape index (κ2) is 11.0. The lowest BCUT2D eigenvalue weighted by atomic mass is 10.2. The Labute approximate surface area is 214 Å². The number of benzene rings is 2. The fourth-order valence-electron chi connectivity index (χ4n) is 3.67. The lowest BCUT2D eigenvalue weighted by molar-refractivity contribution is 0.0942. The minimum Gasteiger partial charge on any atom is -0.408 e. The molecule has 3 heterocycles. The monoisotopic (exact) mass is 522 g/mol. The van der Waals surface area contributed by atoms with Crippen molar-refractivity contribution in [3.63, 3.8) is 0 Å². The molecule has 2 amide bonds. The number of carbonyl (C=O) groups excluding carboxylic acids is 2. The number of nitrogens with one attached hydrogen (secondary N) is 2. The highest BCUT2D eigenvalue weighted by Crippen LogP contribution is 2.15. The molecule has 0 unspecified atom stereocenters. The summed E-state index contributed by atoms with van der Waals surface area (Å²) in [6.45, 7) is 4.07. The highest BCUT2D eigenvalue weighted by molar-refractivity contribution is 5.98. The van der Waals surface area contributed by atoms with Crippen molar-refractivity contribution in [1.29, 1.82) is 0 Å². The van der Waals surface area contributed by atoms with E-state index in [0.717, 1.165) is 17.7 Å². The van der Waals surface area contributed by atoms with Crippen molar-refractivity contribution in [3.8, 4) is 0 Å². The lowest BCUT2D eigenvalue weighted by Crippen LogP contribution is -2.28. The Morgan fingerprint density at radius 1 is 0.921 bits per heavy atom. The summed E-state index contributed by atoms with van der Waals surface area (Å²) in [6.07, 6.45) is 1.43. The average molecular weight is 523 g/mol. The molecule has 2 N–H and O–H groups in total.